The number of nitrogens with zero attached hydrogens (tertiary/aromatic N) is 1. The summed E-state index contributed by atoms with van der Waals surface area (Å²) in [5, 5.41) is 10.6. The van der Waals surface area contributed by atoms with Gasteiger partial charge in [-0.15, -0.1) is 0 Å². The molecule has 0 radical (unpaired) electrons. The molecule has 1 unspecified atom stereocenters. The summed E-state index contributed by atoms with van der Waals surface area (Å²) in [5.41, 5.74) is 7.47. The summed E-state index contributed by atoms with van der Waals surface area (Å²) in [5.74, 6) is 0.964. The number of hydrogen-bond acceptors (Lipinski definition) is 3. The van der Waals surface area contributed by atoms with Gasteiger partial charge in [-0.2, -0.15) is 0 Å². The van der Waals surface area contributed by atoms with Crippen LogP contribution in [0, 0.1) is 0 Å². The van der Waals surface area contributed by atoms with Gasteiger partial charge in [0.05, 0.1) is 6.10 Å². The van der Waals surface area contributed by atoms with E-state index < -0.39 is 0 Å². The summed E-state index contributed by atoms with van der Waals surface area (Å²) in [7, 11) is 2.21. The molecule has 0 bridgehead atoms. The Kier molecular flexibility index (Phi) is 9.23. The van der Waals surface area contributed by atoms with Crippen molar-refractivity contribution < 1.29 is 9.84 Å². The Bertz CT molecular complexity index is 1120. The molecule has 1 aliphatic heterocycles. The maximum atomic E-state index is 10.6. The molecule has 3 aromatic rings. The van der Waals surface area contributed by atoms with E-state index in [4.69, 9.17) is 4.74 Å². The zero-order valence-electron chi connectivity index (χ0n) is 23.0. The summed E-state index contributed by atoms with van der Waals surface area (Å²) in [6.45, 7) is 9.37. The number of aliphatic hydroxyl groups is 1. The van der Waals surface area contributed by atoms with Crippen LogP contribution in [0.2, 0.25) is 0 Å². The molecule has 0 aromatic heterocycles. The molecule has 3 aromatic carbocycles. The fourth-order valence-corrected chi connectivity index (χ4v) is 5.05. The van der Waals surface area contributed by atoms with Crippen LogP contribution in [0.25, 0.3) is 5.57 Å². The second-order valence-electron chi connectivity index (χ2n) is 11.4. The standard InChI is InChI=1S/C34H43NO2/c1-34(2,3)28-21-19-26(20-22-28)32(36)17-6-5-11-23-35(4)24-12-16-30-29-14-8-7-13-27(29)25-37-33-18-10-9-15-31(30)33/h7-10,13-16,18-22,32,36H,5-6,11-12,17,23-25H2,1-4H3. The van der Waals surface area contributed by atoms with E-state index in [1.165, 1.54) is 27.8 Å². The molecule has 0 saturated heterocycles. The molecule has 1 atom stereocenters. The number of para-hydroxylation sites is 1. The number of ether oxygens (including phenoxy) is 1. The number of rotatable bonds is 10. The van der Waals surface area contributed by atoms with Gasteiger partial charge in [0.1, 0.15) is 12.4 Å². The lowest BCUT2D eigenvalue weighted by atomic mass is 9.86. The van der Waals surface area contributed by atoms with Gasteiger partial charge in [-0.25, -0.2) is 0 Å². The molecule has 1 aliphatic rings. The topological polar surface area (TPSA) is 32.7 Å². The third kappa shape index (κ3) is 7.34. The first-order chi connectivity index (χ1) is 17.8. The SMILES string of the molecule is CN(CCC=C1c2ccccc2COc2ccccc21)CCCCCC(O)c1ccc(C(C)(C)C)cc1. The summed E-state index contributed by atoms with van der Waals surface area (Å²) >= 11 is 0. The molecule has 0 aliphatic carbocycles. The van der Waals surface area contributed by atoms with Crippen molar-refractivity contribution in [1.29, 1.82) is 0 Å². The van der Waals surface area contributed by atoms with Gasteiger partial charge >= 0.3 is 0 Å². The van der Waals surface area contributed by atoms with Crippen molar-refractivity contribution >= 4 is 5.57 Å². The van der Waals surface area contributed by atoms with Crippen molar-refractivity contribution in [2.75, 3.05) is 20.1 Å². The molecule has 3 nitrogen and oxygen atoms in total. The molecule has 0 spiro atoms. The minimum absolute atomic E-state index is 0.144. The van der Waals surface area contributed by atoms with Crippen molar-refractivity contribution in [3.05, 3.63) is 107 Å². The lowest BCUT2D eigenvalue weighted by Gasteiger charge is -2.20. The Labute approximate surface area is 223 Å². The van der Waals surface area contributed by atoms with E-state index >= 15 is 0 Å². The van der Waals surface area contributed by atoms with E-state index in [2.05, 4.69) is 106 Å². The second-order valence-corrected chi connectivity index (χ2v) is 11.4. The van der Waals surface area contributed by atoms with Crippen molar-refractivity contribution in [1.82, 2.24) is 4.90 Å². The minimum atomic E-state index is -0.368. The quantitative estimate of drug-likeness (QED) is 0.289. The maximum absolute atomic E-state index is 10.6. The molecule has 1 N–H and O–H groups in total. The minimum Gasteiger partial charge on any atom is -0.488 e. The van der Waals surface area contributed by atoms with Crippen LogP contribution >= 0.6 is 0 Å². The Morgan fingerprint density at radius 1 is 0.865 bits per heavy atom. The predicted molar refractivity (Wildman–Crippen MR) is 155 cm³/mol. The van der Waals surface area contributed by atoms with Crippen LogP contribution in [0.1, 0.15) is 86.8 Å². The molecular weight excluding hydrogens is 454 g/mol. The van der Waals surface area contributed by atoms with Crippen LogP contribution in [-0.4, -0.2) is 30.1 Å². The van der Waals surface area contributed by atoms with Gasteiger partial charge in [-0.05, 0) is 72.2 Å². The fraction of sp³-hybridized carbons (Fsp3) is 0.412. The molecular formula is C34H43NO2. The van der Waals surface area contributed by atoms with E-state index in [1.54, 1.807) is 0 Å². The smallest absolute Gasteiger partial charge is 0.127 e. The zero-order valence-corrected chi connectivity index (χ0v) is 23.0. The molecule has 3 heteroatoms. The molecule has 37 heavy (non-hydrogen) atoms. The number of unbranched alkanes of at least 4 members (excludes halogenated alkanes) is 2. The van der Waals surface area contributed by atoms with Gasteiger partial charge in [-0.1, -0.05) is 106 Å². The third-order valence-electron chi connectivity index (χ3n) is 7.41. The molecule has 4 rings (SSSR count). The maximum Gasteiger partial charge on any atom is 0.127 e. The Hall–Kier alpha value is -2.88. The number of hydrogen-bond donors (Lipinski definition) is 1. The van der Waals surface area contributed by atoms with Crippen molar-refractivity contribution in [3.8, 4) is 5.75 Å². The van der Waals surface area contributed by atoms with Crippen LogP contribution in [-0.2, 0) is 12.0 Å². The van der Waals surface area contributed by atoms with Gasteiger partial charge < -0.3 is 14.7 Å². The van der Waals surface area contributed by atoms with E-state index in [1.807, 2.05) is 6.07 Å². The molecule has 1 heterocycles. The van der Waals surface area contributed by atoms with E-state index in [0.717, 1.165) is 56.5 Å². The number of fused-ring (bicyclic) bond motifs is 2. The van der Waals surface area contributed by atoms with E-state index in [-0.39, 0.29) is 11.5 Å². The summed E-state index contributed by atoms with van der Waals surface area (Å²) in [6.07, 6.45) is 7.18. The zero-order chi connectivity index (χ0) is 26.3. The van der Waals surface area contributed by atoms with Crippen LogP contribution < -0.4 is 4.74 Å². The van der Waals surface area contributed by atoms with Crippen LogP contribution in [0.3, 0.4) is 0 Å². The molecule has 196 valence electrons. The Balaban J connectivity index is 1.22. The van der Waals surface area contributed by atoms with Crippen LogP contribution in [0.4, 0.5) is 0 Å². The van der Waals surface area contributed by atoms with Gasteiger partial charge in [0, 0.05) is 12.1 Å². The number of aliphatic hydroxyl groups excluding tert-OH is 1. The fourth-order valence-electron chi connectivity index (χ4n) is 5.05. The first-order valence-electron chi connectivity index (χ1n) is 13.8. The van der Waals surface area contributed by atoms with Crippen molar-refractivity contribution in [3.63, 3.8) is 0 Å². The molecule has 0 saturated carbocycles. The van der Waals surface area contributed by atoms with Gasteiger partial charge in [-0.3, -0.25) is 0 Å². The lowest BCUT2D eigenvalue weighted by molar-refractivity contribution is 0.162. The van der Waals surface area contributed by atoms with Crippen LogP contribution in [0.15, 0.2) is 78.9 Å². The predicted octanol–water partition coefficient (Wildman–Crippen LogP) is 7.92. The first-order valence-corrected chi connectivity index (χ1v) is 13.8. The average Bonchev–Trinajstić information content (AvgIpc) is 3.05. The Morgan fingerprint density at radius 2 is 1.57 bits per heavy atom. The highest BCUT2D eigenvalue weighted by Gasteiger charge is 2.18. The largest absolute Gasteiger partial charge is 0.488 e. The van der Waals surface area contributed by atoms with Gasteiger partial charge in [0.15, 0.2) is 0 Å². The summed E-state index contributed by atoms with van der Waals surface area (Å²) in [6, 6.07) is 25.4. The van der Waals surface area contributed by atoms with Crippen LogP contribution in [0.5, 0.6) is 5.75 Å². The van der Waals surface area contributed by atoms with Crippen molar-refractivity contribution in [2.24, 2.45) is 0 Å². The number of benzene rings is 3. The van der Waals surface area contributed by atoms with E-state index in [0.29, 0.717) is 6.61 Å². The molecule has 0 fully saturated rings. The van der Waals surface area contributed by atoms with Crippen molar-refractivity contribution in [2.45, 2.75) is 71.0 Å². The monoisotopic (exact) mass is 497 g/mol. The Morgan fingerprint density at radius 3 is 2.32 bits per heavy atom. The second kappa shape index (κ2) is 12.6. The van der Waals surface area contributed by atoms with Gasteiger partial charge in [0.2, 0.25) is 0 Å². The summed E-state index contributed by atoms with van der Waals surface area (Å²) in [4.78, 5) is 2.42. The first kappa shape index (κ1) is 27.2. The summed E-state index contributed by atoms with van der Waals surface area (Å²) < 4.78 is 6.10. The highest BCUT2D eigenvalue weighted by molar-refractivity contribution is 5.84. The normalized spacial score (nSPS) is 15.1. The highest BCUT2D eigenvalue weighted by atomic mass is 16.5. The highest BCUT2D eigenvalue weighted by Crippen LogP contribution is 2.36. The third-order valence-corrected chi connectivity index (χ3v) is 7.41. The lowest BCUT2D eigenvalue weighted by Crippen LogP contribution is -2.20. The van der Waals surface area contributed by atoms with Gasteiger partial charge in [0.25, 0.3) is 0 Å². The average molecular weight is 498 g/mol. The van der Waals surface area contributed by atoms with E-state index in [9.17, 15) is 5.11 Å². The molecule has 0 amide bonds.